The van der Waals surface area contributed by atoms with Gasteiger partial charge in [0.05, 0.1) is 0 Å². The van der Waals surface area contributed by atoms with E-state index in [9.17, 15) is 8.78 Å². The molecule has 1 aromatic rings. The van der Waals surface area contributed by atoms with Gasteiger partial charge in [0.15, 0.2) is 0 Å². The summed E-state index contributed by atoms with van der Waals surface area (Å²) < 4.78 is 27.9. The van der Waals surface area contributed by atoms with Gasteiger partial charge in [-0.25, -0.2) is 0 Å². The molecule has 0 aliphatic heterocycles. The van der Waals surface area contributed by atoms with E-state index < -0.39 is 6.61 Å². The Morgan fingerprint density at radius 2 is 1.93 bits per heavy atom. The Balaban J connectivity index is 2.42. The van der Waals surface area contributed by atoms with Crippen LogP contribution in [-0.2, 0) is 6.42 Å². The number of hydrogen-bond acceptors (Lipinski definition) is 2. The lowest BCUT2D eigenvalue weighted by Crippen LogP contribution is -2.15. The minimum atomic E-state index is -2.75. The van der Waals surface area contributed by atoms with Crippen molar-refractivity contribution in [3.8, 4) is 5.75 Å². The lowest BCUT2D eigenvalue weighted by molar-refractivity contribution is -0.0498. The molecule has 0 aliphatic carbocycles. The first-order valence-corrected chi connectivity index (χ1v) is 4.97. The minimum Gasteiger partial charge on any atom is -0.435 e. The van der Waals surface area contributed by atoms with Crippen LogP contribution in [0.5, 0.6) is 5.75 Å². The molecule has 0 saturated heterocycles. The molecule has 84 valence electrons. The molecule has 0 radical (unpaired) electrons. The van der Waals surface area contributed by atoms with Crippen molar-refractivity contribution in [3.05, 3.63) is 29.8 Å². The monoisotopic (exact) mass is 215 g/mol. The molecule has 1 aromatic carbocycles. The molecule has 0 fully saturated rings. The Kier molecular flexibility index (Phi) is 5.04. The first-order valence-electron chi connectivity index (χ1n) is 4.97. The number of nitrogens with one attached hydrogen (secondary N) is 1. The number of hydrogen-bond donors (Lipinski definition) is 1. The van der Waals surface area contributed by atoms with Gasteiger partial charge in [-0.2, -0.15) is 8.78 Å². The summed E-state index contributed by atoms with van der Waals surface area (Å²) in [5, 5.41) is 3.19. The van der Waals surface area contributed by atoms with E-state index in [-0.39, 0.29) is 5.75 Å². The maximum absolute atomic E-state index is 11.8. The van der Waals surface area contributed by atoms with Gasteiger partial charge in [-0.05, 0) is 37.2 Å². The highest BCUT2D eigenvalue weighted by atomic mass is 19.3. The molecule has 0 atom stereocenters. The Hall–Kier alpha value is -1.16. The molecule has 0 aromatic heterocycles. The van der Waals surface area contributed by atoms with Gasteiger partial charge in [0, 0.05) is 0 Å². The van der Waals surface area contributed by atoms with Gasteiger partial charge in [-0.15, -0.1) is 0 Å². The molecule has 0 heterocycles. The van der Waals surface area contributed by atoms with Crippen molar-refractivity contribution in [3.63, 3.8) is 0 Å². The Bertz CT molecular complexity index is 274. The van der Waals surface area contributed by atoms with E-state index >= 15 is 0 Å². The summed E-state index contributed by atoms with van der Waals surface area (Å²) in [7, 11) is 0. The Labute approximate surface area is 88.3 Å². The summed E-state index contributed by atoms with van der Waals surface area (Å²) in [6.45, 7) is 1.12. The fourth-order valence-corrected chi connectivity index (χ4v) is 1.25. The van der Waals surface area contributed by atoms with E-state index in [1.807, 2.05) is 6.92 Å². The van der Waals surface area contributed by atoms with E-state index in [0.29, 0.717) is 0 Å². The standard InChI is InChI=1S/C11H15F2NO/c1-2-14-8-7-9-3-5-10(6-4-9)15-11(12)13/h3-6,11,14H,2,7-8H2,1H3. The lowest BCUT2D eigenvalue weighted by Gasteiger charge is -2.06. The molecule has 0 spiro atoms. The van der Waals surface area contributed by atoms with E-state index in [2.05, 4.69) is 10.1 Å². The second kappa shape index (κ2) is 6.35. The molecule has 0 aliphatic rings. The Morgan fingerprint density at radius 1 is 1.27 bits per heavy atom. The van der Waals surface area contributed by atoms with Crippen molar-refractivity contribution in [2.75, 3.05) is 13.1 Å². The molecular formula is C11H15F2NO. The zero-order valence-corrected chi connectivity index (χ0v) is 8.67. The molecule has 2 nitrogen and oxygen atoms in total. The maximum Gasteiger partial charge on any atom is 0.387 e. The summed E-state index contributed by atoms with van der Waals surface area (Å²) in [6, 6.07) is 6.73. The van der Waals surface area contributed by atoms with E-state index in [1.165, 1.54) is 0 Å². The fraction of sp³-hybridized carbons (Fsp3) is 0.455. The summed E-state index contributed by atoms with van der Waals surface area (Å²) in [5.74, 6) is 0.206. The molecule has 0 amide bonds. The summed E-state index contributed by atoms with van der Waals surface area (Å²) in [5.41, 5.74) is 1.11. The van der Waals surface area contributed by atoms with Crippen molar-refractivity contribution < 1.29 is 13.5 Å². The molecule has 15 heavy (non-hydrogen) atoms. The summed E-state index contributed by atoms with van der Waals surface area (Å²) in [4.78, 5) is 0. The second-order valence-electron chi connectivity index (χ2n) is 3.13. The predicted octanol–water partition coefficient (Wildman–Crippen LogP) is 2.44. The van der Waals surface area contributed by atoms with Crippen molar-refractivity contribution in [1.29, 1.82) is 0 Å². The fourth-order valence-electron chi connectivity index (χ4n) is 1.25. The number of halogens is 2. The van der Waals surface area contributed by atoms with Crippen LogP contribution < -0.4 is 10.1 Å². The Morgan fingerprint density at radius 3 is 2.47 bits per heavy atom. The third kappa shape index (κ3) is 4.74. The van der Waals surface area contributed by atoms with Gasteiger partial charge >= 0.3 is 6.61 Å². The van der Waals surface area contributed by atoms with E-state index in [0.717, 1.165) is 25.1 Å². The average molecular weight is 215 g/mol. The highest BCUT2D eigenvalue weighted by Crippen LogP contribution is 2.14. The largest absolute Gasteiger partial charge is 0.435 e. The summed E-state index contributed by atoms with van der Waals surface area (Å²) in [6.07, 6.45) is 0.892. The molecular weight excluding hydrogens is 200 g/mol. The van der Waals surface area contributed by atoms with Crippen LogP contribution in [0.4, 0.5) is 8.78 Å². The van der Waals surface area contributed by atoms with Crippen LogP contribution in [0, 0.1) is 0 Å². The topological polar surface area (TPSA) is 21.3 Å². The number of likely N-dealkylation sites (N-methyl/N-ethyl adjacent to an activating group) is 1. The van der Waals surface area contributed by atoms with Crippen LogP contribution in [0.3, 0.4) is 0 Å². The highest BCUT2D eigenvalue weighted by molar-refractivity contribution is 5.27. The second-order valence-corrected chi connectivity index (χ2v) is 3.13. The number of rotatable bonds is 6. The van der Waals surface area contributed by atoms with Crippen LogP contribution in [0.25, 0.3) is 0 Å². The van der Waals surface area contributed by atoms with Crippen molar-refractivity contribution in [2.24, 2.45) is 0 Å². The SMILES string of the molecule is CCNCCc1ccc(OC(F)F)cc1. The lowest BCUT2D eigenvalue weighted by atomic mass is 10.1. The maximum atomic E-state index is 11.8. The number of alkyl halides is 2. The van der Waals surface area contributed by atoms with Crippen LogP contribution in [0.1, 0.15) is 12.5 Å². The smallest absolute Gasteiger partial charge is 0.387 e. The summed E-state index contributed by atoms with van der Waals surface area (Å²) >= 11 is 0. The quantitative estimate of drug-likeness (QED) is 0.736. The van der Waals surface area contributed by atoms with E-state index in [4.69, 9.17) is 0 Å². The van der Waals surface area contributed by atoms with Crippen LogP contribution >= 0.6 is 0 Å². The van der Waals surface area contributed by atoms with E-state index in [1.54, 1.807) is 24.3 Å². The van der Waals surface area contributed by atoms with Gasteiger partial charge in [0.1, 0.15) is 5.75 Å². The normalized spacial score (nSPS) is 10.7. The highest BCUT2D eigenvalue weighted by Gasteiger charge is 2.03. The van der Waals surface area contributed by atoms with Gasteiger partial charge in [0.2, 0.25) is 0 Å². The van der Waals surface area contributed by atoms with Crippen LogP contribution in [-0.4, -0.2) is 19.7 Å². The average Bonchev–Trinajstić information content (AvgIpc) is 2.20. The zero-order chi connectivity index (χ0) is 11.1. The van der Waals surface area contributed by atoms with Crippen molar-refractivity contribution in [2.45, 2.75) is 20.0 Å². The van der Waals surface area contributed by atoms with Gasteiger partial charge < -0.3 is 10.1 Å². The predicted molar refractivity (Wildman–Crippen MR) is 55.3 cm³/mol. The molecule has 4 heteroatoms. The number of ether oxygens (including phenoxy) is 1. The third-order valence-electron chi connectivity index (χ3n) is 1.99. The van der Waals surface area contributed by atoms with Crippen LogP contribution in [0.2, 0.25) is 0 Å². The minimum absolute atomic E-state index is 0.206. The molecule has 0 saturated carbocycles. The van der Waals surface area contributed by atoms with Gasteiger partial charge in [-0.3, -0.25) is 0 Å². The van der Waals surface area contributed by atoms with Crippen molar-refractivity contribution >= 4 is 0 Å². The molecule has 1 rings (SSSR count). The zero-order valence-electron chi connectivity index (χ0n) is 8.67. The first-order chi connectivity index (χ1) is 7.22. The first kappa shape index (κ1) is 11.9. The molecule has 0 unspecified atom stereocenters. The third-order valence-corrected chi connectivity index (χ3v) is 1.99. The number of benzene rings is 1. The molecule has 0 bridgehead atoms. The van der Waals surface area contributed by atoms with Gasteiger partial charge in [0.25, 0.3) is 0 Å². The van der Waals surface area contributed by atoms with Crippen LogP contribution in [0.15, 0.2) is 24.3 Å². The molecule has 1 N–H and O–H groups in total. The van der Waals surface area contributed by atoms with Crippen molar-refractivity contribution in [1.82, 2.24) is 5.32 Å². The van der Waals surface area contributed by atoms with Gasteiger partial charge in [-0.1, -0.05) is 19.1 Å².